The minimum atomic E-state index is -0.602. The van der Waals surface area contributed by atoms with E-state index in [4.69, 9.17) is 11.0 Å². The van der Waals surface area contributed by atoms with Gasteiger partial charge in [-0.3, -0.25) is 14.0 Å². The third-order valence-electron chi connectivity index (χ3n) is 5.17. The summed E-state index contributed by atoms with van der Waals surface area (Å²) in [6.07, 6.45) is 4.89. The van der Waals surface area contributed by atoms with Crippen molar-refractivity contribution in [2.24, 2.45) is 5.73 Å². The first-order chi connectivity index (χ1) is 15.9. The second-order valence-electron chi connectivity index (χ2n) is 7.52. The quantitative estimate of drug-likeness (QED) is 0.492. The number of fused-ring (bicyclic) bond motifs is 1. The molecule has 33 heavy (non-hydrogen) atoms. The molecule has 2 amide bonds. The molecule has 0 aliphatic carbocycles. The lowest BCUT2D eigenvalue weighted by Gasteiger charge is -2.17. The van der Waals surface area contributed by atoms with Crippen LogP contribution in [0.2, 0.25) is 0 Å². The van der Waals surface area contributed by atoms with Crippen molar-refractivity contribution in [1.29, 1.82) is 5.26 Å². The van der Waals surface area contributed by atoms with E-state index < -0.39 is 6.04 Å². The van der Waals surface area contributed by atoms with E-state index >= 15 is 0 Å². The Hall–Kier alpha value is -4.55. The minimum Gasteiger partial charge on any atom is -0.325 e. The van der Waals surface area contributed by atoms with E-state index in [2.05, 4.69) is 21.4 Å². The van der Waals surface area contributed by atoms with E-state index in [1.165, 1.54) is 4.90 Å². The fourth-order valence-corrected chi connectivity index (χ4v) is 3.24. The van der Waals surface area contributed by atoms with Crippen LogP contribution in [-0.2, 0) is 4.79 Å². The van der Waals surface area contributed by atoms with Crippen LogP contribution in [0.1, 0.15) is 23.0 Å². The Morgan fingerprint density at radius 3 is 2.42 bits per heavy atom. The van der Waals surface area contributed by atoms with Crippen LogP contribution in [0.15, 0.2) is 67.1 Å². The van der Waals surface area contributed by atoms with Crippen LogP contribution in [0, 0.1) is 11.3 Å². The van der Waals surface area contributed by atoms with Crippen LogP contribution >= 0.6 is 0 Å². The Labute approximate surface area is 190 Å². The molecule has 0 spiro atoms. The van der Waals surface area contributed by atoms with Crippen LogP contribution in [-0.4, -0.2) is 39.3 Å². The largest absolute Gasteiger partial charge is 0.325 e. The summed E-state index contributed by atoms with van der Waals surface area (Å²) in [7, 11) is 1.65. The van der Waals surface area contributed by atoms with E-state index in [-0.39, 0.29) is 17.5 Å². The number of benzene rings is 2. The Balaban J connectivity index is 1.61. The van der Waals surface area contributed by atoms with Crippen LogP contribution in [0.5, 0.6) is 0 Å². The molecule has 0 bridgehead atoms. The summed E-state index contributed by atoms with van der Waals surface area (Å²) < 4.78 is 1.79. The van der Waals surface area contributed by atoms with Crippen molar-refractivity contribution < 1.29 is 9.59 Å². The van der Waals surface area contributed by atoms with Crippen LogP contribution in [0.3, 0.4) is 0 Å². The van der Waals surface area contributed by atoms with Gasteiger partial charge in [-0.1, -0.05) is 12.1 Å². The van der Waals surface area contributed by atoms with Crippen molar-refractivity contribution in [3.63, 3.8) is 0 Å². The molecule has 9 nitrogen and oxygen atoms in total. The smallest absolute Gasteiger partial charge is 0.278 e. The van der Waals surface area contributed by atoms with Crippen LogP contribution in [0.4, 0.5) is 11.4 Å². The molecule has 0 unspecified atom stereocenters. The molecule has 3 N–H and O–H groups in total. The molecule has 9 heteroatoms. The zero-order valence-electron chi connectivity index (χ0n) is 18.1. The molecular weight excluding hydrogens is 418 g/mol. The highest BCUT2D eigenvalue weighted by molar-refractivity contribution is 6.04. The van der Waals surface area contributed by atoms with E-state index in [1.807, 2.05) is 12.1 Å². The zero-order valence-corrected chi connectivity index (χ0v) is 18.1. The van der Waals surface area contributed by atoms with Gasteiger partial charge in [0.2, 0.25) is 5.91 Å². The summed E-state index contributed by atoms with van der Waals surface area (Å²) in [5.41, 5.74) is 9.86. The standard InChI is InChI=1S/C24H21N7O2/c1-15(26)23(32)29-18-7-5-17(6-8-18)21-12-28-22-13-27-20(14-31(21)22)24(33)30(2)19-9-3-16(11-25)4-10-19/h3-10,12-15H,26H2,1-2H3,(H,29,32)/t15-/m0/s1. The van der Waals surface area contributed by atoms with Crippen molar-refractivity contribution >= 4 is 28.8 Å². The number of nitrogens with zero attached hydrogens (tertiary/aromatic N) is 5. The molecule has 0 aliphatic heterocycles. The highest BCUT2D eigenvalue weighted by Crippen LogP contribution is 2.23. The summed E-state index contributed by atoms with van der Waals surface area (Å²) in [5.74, 6) is -0.562. The number of hydrogen-bond acceptors (Lipinski definition) is 6. The highest BCUT2D eigenvalue weighted by Gasteiger charge is 2.17. The molecule has 2 aromatic carbocycles. The molecule has 2 heterocycles. The molecule has 164 valence electrons. The number of carbonyl (C=O) groups excluding carboxylic acids is 2. The summed E-state index contributed by atoms with van der Waals surface area (Å²) in [6, 6.07) is 15.5. The third kappa shape index (κ3) is 4.42. The van der Waals surface area contributed by atoms with Crippen molar-refractivity contribution in [2.45, 2.75) is 13.0 Å². The van der Waals surface area contributed by atoms with E-state index in [1.54, 1.807) is 73.4 Å². The fraction of sp³-hybridized carbons (Fsp3) is 0.125. The summed E-state index contributed by atoms with van der Waals surface area (Å²) in [6.45, 7) is 1.62. The van der Waals surface area contributed by atoms with Gasteiger partial charge in [0.05, 0.1) is 35.8 Å². The molecule has 0 fully saturated rings. The molecule has 0 aliphatic rings. The van der Waals surface area contributed by atoms with Crippen molar-refractivity contribution in [2.75, 3.05) is 17.3 Å². The first-order valence-electron chi connectivity index (χ1n) is 10.2. The number of hydrogen-bond donors (Lipinski definition) is 2. The summed E-state index contributed by atoms with van der Waals surface area (Å²) in [4.78, 5) is 34.9. The number of aromatic nitrogens is 3. The van der Waals surface area contributed by atoms with Gasteiger partial charge in [0.15, 0.2) is 5.65 Å². The lowest BCUT2D eigenvalue weighted by molar-refractivity contribution is -0.117. The Morgan fingerprint density at radius 1 is 1.09 bits per heavy atom. The number of nitrogens with two attached hydrogens (primary N) is 1. The lowest BCUT2D eigenvalue weighted by Crippen LogP contribution is -2.32. The maximum Gasteiger partial charge on any atom is 0.278 e. The monoisotopic (exact) mass is 439 g/mol. The predicted molar refractivity (Wildman–Crippen MR) is 125 cm³/mol. The van der Waals surface area contributed by atoms with Gasteiger partial charge in [0, 0.05) is 30.2 Å². The van der Waals surface area contributed by atoms with E-state index in [0.717, 1.165) is 11.3 Å². The first kappa shape index (κ1) is 21.7. The molecule has 0 radical (unpaired) electrons. The molecular formula is C24H21N7O2. The Morgan fingerprint density at radius 2 is 1.79 bits per heavy atom. The van der Waals surface area contributed by atoms with E-state index in [0.29, 0.717) is 22.6 Å². The van der Waals surface area contributed by atoms with Crippen LogP contribution < -0.4 is 16.0 Å². The number of rotatable bonds is 5. The molecule has 0 saturated carbocycles. The number of amides is 2. The van der Waals surface area contributed by atoms with Crippen LogP contribution in [0.25, 0.3) is 16.9 Å². The predicted octanol–water partition coefficient (Wildman–Crippen LogP) is 2.83. The second kappa shape index (κ2) is 8.90. The summed E-state index contributed by atoms with van der Waals surface area (Å²) in [5, 5.41) is 11.7. The normalized spacial score (nSPS) is 11.6. The number of carbonyl (C=O) groups is 2. The van der Waals surface area contributed by atoms with Crippen molar-refractivity contribution in [3.05, 3.63) is 78.4 Å². The van der Waals surface area contributed by atoms with Gasteiger partial charge in [0.1, 0.15) is 5.69 Å². The average Bonchev–Trinajstić information content (AvgIpc) is 3.27. The number of imidazole rings is 1. The topological polar surface area (TPSA) is 129 Å². The van der Waals surface area contributed by atoms with Gasteiger partial charge >= 0.3 is 0 Å². The van der Waals surface area contributed by atoms with Crippen molar-refractivity contribution in [1.82, 2.24) is 14.4 Å². The third-order valence-corrected chi connectivity index (χ3v) is 5.17. The van der Waals surface area contributed by atoms with Gasteiger partial charge in [0.25, 0.3) is 5.91 Å². The number of nitrogens with one attached hydrogen (secondary N) is 1. The van der Waals surface area contributed by atoms with Gasteiger partial charge in [-0.05, 0) is 43.3 Å². The summed E-state index contributed by atoms with van der Waals surface area (Å²) >= 11 is 0. The average molecular weight is 439 g/mol. The van der Waals surface area contributed by atoms with Gasteiger partial charge in [-0.25, -0.2) is 9.97 Å². The highest BCUT2D eigenvalue weighted by atomic mass is 16.2. The zero-order chi connectivity index (χ0) is 23.5. The van der Waals surface area contributed by atoms with Crippen molar-refractivity contribution in [3.8, 4) is 17.3 Å². The SMILES string of the molecule is C[C@H](N)C(=O)Nc1ccc(-c2cnc3cnc(C(=O)N(C)c4ccc(C#N)cc4)cn23)cc1. The maximum absolute atomic E-state index is 13.0. The molecule has 4 aromatic rings. The molecule has 2 aromatic heterocycles. The first-order valence-corrected chi connectivity index (χ1v) is 10.2. The number of nitriles is 1. The Kier molecular flexibility index (Phi) is 5.85. The minimum absolute atomic E-state index is 0.245. The van der Waals surface area contributed by atoms with Gasteiger partial charge in [-0.15, -0.1) is 0 Å². The maximum atomic E-state index is 13.0. The number of anilines is 2. The Bertz CT molecular complexity index is 1370. The molecule has 4 rings (SSSR count). The lowest BCUT2D eigenvalue weighted by atomic mass is 10.1. The van der Waals surface area contributed by atoms with Gasteiger partial charge in [-0.2, -0.15) is 5.26 Å². The van der Waals surface area contributed by atoms with Gasteiger partial charge < -0.3 is 16.0 Å². The fourth-order valence-electron chi connectivity index (χ4n) is 3.24. The van der Waals surface area contributed by atoms with E-state index in [9.17, 15) is 9.59 Å². The molecule has 0 saturated heterocycles. The molecule has 1 atom stereocenters. The second-order valence-corrected chi connectivity index (χ2v) is 7.52.